The summed E-state index contributed by atoms with van der Waals surface area (Å²) in [4.78, 5) is 0. The molecule has 1 aliphatic rings. The van der Waals surface area contributed by atoms with Crippen molar-refractivity contribution in [1.29, 1.82) is 5.26 Å². The van der Waals surface area contributed by atoms with Gasteiger partial charge in [0.05, 0.1) is 12.2 Å². The van der Waals surface area contributed by atoms with E-state index in [1.807, 2.05) is 31.2 Å². The van der Waals surface area contributed by atoms with Gasteiger partial charge in [0.15, 0.2) is 0 Å². The van der Waals surface area contributed by atoms with Crippen molar-refractivity contribution in [2.75, 3.05) is 6.61 Å². The Hall–Kier alpha value is -2.83. The minimum absolute atomic E-state index is 0.00169. The molecule has 30 heavy (non-hydrogen) atoms. The normalized spacial score (nSPS) is 22.2. The molecule has 3 aromatic rings. The molecule has 5 unspecified atom stereocenters. The summed E-state index contributed by atoms with van der Waals surface area (Å²) in [5.74, 6) is 0.794. The van der Waals surface area contributed by atoms with E-state index < -0.39 is 0 Å². The van der Waals surface area contributed by atoms with Crippen LogP contribution in [0.2, 0.25) is 0 Å². The van der Waals surface area contributed by atoms with E-state index in [1.165, 1.54) is 11.1 Å². The van der Waals surface area contributed by atoms with Gasteiger partial charge in [-0.25, -0.2) is 0 Å². The molecule has 1 aliphatic heterocycles. The first-order valence-electron chi connectivity index (χ1n) is 10.9. The molecular weight excluding hydrogens is 370 g/mol. The fourth-order valence-electron chi connectivity index (χ4n) is 5.15. The summed E-state index contributed by atoms with van der Waals surface area (Å²) >= 11 is 0. The van der Waals surface area contributed by atoms with Gasteiger partial charge in [0.25, 0.3) is 0 Å². The number of phenolic OH excluding ortho intramolecular Hbond substituents is 1. The Balaban J connectivity index is 1.82. The summed E-state index contributed by atoms with van der Waals surface area (Å²) in [6.07, 6.45) is 2.04. The SMILES string of the molecule is CC(C#N)C1CCCOC1C(c1ccccc1)C(C)c1cccc2cc(O)ccc12. The van der Waals surface area contributed by atoms with Crippen molar-refractivity contribution in [3.05, 3.63) is 77.9 Å². The highest BCUT2D eigenvalue weighted by atomic mass is 16.5. The van der Waals surface area contributed by atoms with E-state index in [2.05, 4.69) is 49.4 Å². The van der Waals surface area contributed by atoms with Gasteiger partial charge >= 0.3 is 0 Å². The minimum Gasteiger partial charge on any atom is -0.508 e. The van der Waals surface area contributed by atoms with Crippen molar-refractivity contribution >= 4 is 10.8 Å². The van der Waals surface area contributed by atoms with Gasteiger partial charge in [0.1, 0.15) is 5.75 Å². The highest BCUT2D eigenvalue weighted by Gasteiger charge is 2.40. The van der Waals surface area contributed by atoms with Crippen molar-refractivity contribution in [2.24, 2.45) is 11.8 Å². The fraction of sp³-hybridized carbons (Fsp3) is 0.370. The first-order valence-corrected chi connectivity index (χ1v) is 10.9. The maximum atomic E-state index is 9.92. The third kappa shape index (κ3) is 3.93. The fourth-order valence-corrected chi connectivity index (χ4v) is 5.15. The first-order chi connectivity index (χ1) is 14.6. The third-order valence-corrected chi connectivity index (χ3v) is 6.73. The Bertz CT molecular complexity index is 1040. The van der Waals surface area contributed by atoms with Gasteiger partial charge in [-0.15, -0.1) is 0 Å². The lowest BCUT2D eigenvalue weighted by Crippen LogP contribution is -2.39. The molecule has 154 valence electrons. The maximum Gasteiger partial charge on any atom is 0.116 e. The van der Waals surface area contributed by atoms with Crippen LogP contribution in [0.15, 0.2) is 66.7 Å². The van der Waals surface area contributed by atoms with Gasteiger partial charge in [-0.05, 0) is 59.7 Å². The van der Waals surface area contributed by atoms with E-state index in [1.54, 1.807) is 6.07 Å². The lowest BCUT2D eigenvalue weighted by molar-refractivity contribution is -0.0560. The first kappa shape index (κ1) is 20.4. The molecule has 0 aromatic heterocycles. The monoisotopic (exact) mass is 399 g/mol. The van der Waals surface area contributed by atoms with Crippen LogP contribution in [0.25, 0.3) is 10.8 Å². The summed E-state index contributed by atoms with van der Waals surface area (Å²) in [5.41, 5.74) is 2.50. The van der Waals surface area contributed by atoms with Gasteiger partial charge < -0.3 is 9.84 Å². The van der Waals surface area contributed by atoms with Crippen LogP contribution in [0.3, 0.4) is 0 Å². The number of rotatable bonds is 5. The Morgan fingerprint density at radius 1 is 1.03 bits per heavy atom. The number of ether oxygens (including phenoxy) is 1. The summed E-state index contributed by atoms with van der Waals surface area (Å²) in [5, 5.41) is 21.8. The molecule has 4 rings (SSSR count). The largest absolute Gasteiger partial charge is 0.508 e. The van der Waals surface area contributed by atoms with Gasteiger partial charge in [-0.3, -0.25) is 0 Å². The molecule has 0 radical (unpaired) electrons. The number of nitriles is 1. The van der Waals surface area contributed by atoms with Crippen LogP contribution in [0.1, 0.15) is 49.7 Å². The van der Waals surface area contributed by atoms with Crippen molar-refractivity contribution in [3.63, 3.8) is 0 Å². The molecule has 0 spiro atoms. The van der Waals surface area contributed by atoms with Gasteiger partial charge in [-0.1, -0.05) is 61.5 Å². The second-order valence-corrected chi connectivity index (χ2v) is 8.54. The molecule has 3 nitrogen and oxygen atoms in total. The molecule has 0 bridgehead atoms. The van der Waals surface area contributed by atoms with E-state index in [0.29, 0.717) is 0 Å². The van der Waals surface area contributed by atoms with Crippen LogP contribution in [0.4, 0.5) is 0 Å². The summed E-state index contributed by atoms with van der Waals surface area (Å²) in [6, 6.07) is 24.9. The molecule has 0 aliphatic carbocycles. The van der Waals surface area contributed by atoms with Crippen LogP contribution in [0.5, 0.6) is 5.75 Å². The predicted molar refractivity (Wildman–Crippen MR) is 120 cm³/mol. The number of benzene rings is 3. The molecular formula is C27H29NO2. The van der Waals surface area contributed by atoms with Crippen LogP contribution < -0.4 is 0 Å². The Kier molecular flexibility index (Phi) is 6.06. The number of phenols is 1. The predicted octanol–water partition coefficient (Wildman–Crippen LogP) is 6.39. The molecule has 1 saturated heterocycles. The minimum atomic E-state index is -0.0434. The summed E-state index contributed by atoms with van der Waals surface area (Å²) in [6.45, 7) is 5.05. The number of nitrogens with zero attached hydrogens (tertiary/aromatic N) is 1. The van der Waals surface area contributed by atoms with Crippen molar-refractivity contribution < 1.29 is 9.84 Å². The van der Waals surface area contributed by atoms with Crippen LogP contribution in [-0.4, -0.2) is 17.8 Å². The number of hydrogen-bond donors (Lipinski definition) is 1. The van der Waals surface area contributed by atoms with Gasteiger partial charge in [0, 0.05) is 24.4 Å². The molecule has 1 fully saturated rings. The Morgan fingerprint density at radius 2 is 1.83 bits per heavy atom. The van der Waals surface area contributed by atoms with Crippen LogP contribution >= 0.6 is 0 Å². The zero-order valence-corrected chi connectivity index (χ0v) is 17.7. The quantitative estimate of drug-likeness (QED) is 0.541. The lowest BCUT2D eigenvalue weighted by Gasteiger charge is -2.41. The molecule has 3 heteroatoms. The van der Waals surface area contributed by atoms with E-state index in [9.17, 15) is 10.4 Å². The highest BCUT2D eigenvalue weighted by Crippen LogP contribution is 2.45. The maximum absolute atomic E-state index is 9.92. The highest BCUT2D eigenvalue weighted by molar-refractivity contribution is 5.87. The second kappa shape index (κ2) is 8.90. The lowest BCUT2D eigenvalue weighted by atomic mass is 9.70. The zero-order valence-electron chi connectivity index (χ0n) is 17.7. The molecule has 1 N–H and O–H groups in total. The van der Waals surface area contributed by atoms with E-state index in [0.717, 1.165) is 30.2 Å². The molecule has 5 atom stereocenters. The van der Waals surface area contributed by atoms with Crippen molar-refractivity contribution in [1.82, 2.24) is 0 Å². The number of hydrogen-bond acceptors (Lipinski definition) is 3. The average Bonchev–Trinajstić information content (AvgIpc) is 2.79. The number of aromatic hydroxyl groups is 1. The van der Waals surface area contributed by atoms with Crippen molar-refractivity contribution in [3.8, 4) is 11.8 Å². The Morgan fingerprint density at radius 3 is 2.60 bits per heavy atom. The summed E-state index contributed by atoms with van der Waals surface area (Å²) in [7, 11) is 0. The van der Waals surface area contributed by atoms with E-state index in [-0.39, 0.29) is 35.5 Å². The molecule has 3 aromatic carbocycles. The molecule has 0 saturated carbocycles. The van der Waals surface area contributed by atoms with E-state index in [4.69, 9.17) is 4.74 Å². The summed E-state index contributed by atoms with van der Waals surface area (Å²) < 4.78 is 6.41. The standard InChI is InChI=1S/C27H29NO2/c1-18(17-28)23-12-7-15-30-27(23)26(20-8-4-3-5-9-20)19(2)24-11-6-10-21-16-22(29)13-14-25(21)24/h3-6,8-11,13-14,16,18-19,23,26-27,29H,7,12,15H2,1-2H3. The smallest absolute Gasteiger partial charge is 0.116 e. The molecule has 1 heterocycles. The van der Waals surface area contributed by atoms with Crippen LogP contribution in [0, 0.1) is 23.2 Å². The second-order valence-electron chi connectivity index (χ2n) is 8.54. The van der Waals surface area contributed by atoms with Gasteiger partial charge in [0.2, 0.25) is 0 Å². The topological polar surface area (TPSA) is 53.2 Å². The third-order valence-electron chi connectivity index (χ3n) is 6.73. The van der Waals surface area contributed by atoms with E-state index >= 15 is 0 Å². The van der Waals surface area contributed by atoms with Gasteiger partial charge in [-0.2, -0.15) is 5.26 Å². The van der Waals surface area contributed by atoms with Crippen molar-refractivity contribution in [2.45, 2.75) is 44.6 Å². The molecule has 0 amide bonds. The zero-order chi connectivity index (χ0) is 21.1. The number of fused-ring (bicyclic) bond motifs is 1. The Labute approximate surface area is 178 Å². The average molecular weight is 400 g/mol. The van der Waals surface area contributed by atoms with Crippen LogP contribution in [-0.2, 0) is 4.74 Å².